The van der Waals surface area contributed by atoms with Crippen LogP contribution in [0.15, 0.2) is 29.3 Å². The molecule has 3 nitrogen and oxygen atoms in total. The number of fused-ring (bicyclic) bond motifs is 1. The first-order chi connectivity index (χ1) is 6.70. The third-order valence-corrected chi connectivity index (χ3v) is 2.31. The summed E-state index contributed by atoms with van der Waals surface area (Å²) in [5.41, 5.74) is 1.82. The monoisotopic (exact) mass is 188 g/mol. The molecular weight excluding hydrogens is 176 g/mol. The molecule has 72 valence electrons. The average Bonchev–Trinajstić information content (AvgIpc) is 2.18. The van der Waals surface area contributed by atoms with Crippen molar-refractivity contribution in [2.45, 2.75) is 19.8 Å². The van der Waals surface area contributed by atoms with Gasteiger partial charge in [0.2, 0.25) is 0 Å². The van der Waals surface area contributed by atoms with Gasteiger partial charge in [-0.3, -0.25) is 9.78 Å². The van der Waals surface area contributed by atoms with Crippen molar-refractivity contribution >= 4 is 10.9 Å². The van der Waals surface area contributed by atoms with Gasteiger partial charge in [0, 0.05) is 12.4 Å². The fourth-order valence-electron chi connectivity index (χ4n) is 1.55. The zero-order valence-electron chi connectivity index (χ0n) is 8.24. The Bertz CT molecular complexity index is 514. The Kier molecular flexibility index (Phi) is 2.08. The van der Waals surface area contributed by atoms with Crippen LogP contribution in [0.3, 0.4) is 0 Å². The van der Waals surface area contributed by atoms with Crippen molar-refractivity contribution in [3.8, 4) is 0 Å². The van der Waals surface area contributed by atoms with Crippen LogP contribution in [-0.4, -0.2) is 9.97 Å². The highest BCUT2D eigenvalue weighted by atomic mass is 16.1. The third kappa shape index (κ3) is 1.31. The summed E-state index contributed by atoms with van der Waals surface area (Å²) in [5, 5.41) is 0.665. The lowest BCUT2D eigenvalue weighted by Crippen LogP contribution is -2.08. The molecule has 0 fully saturated rings. The molecule has 14 heavy (non-hydrogen) atoms. The minimum absolute atomic E-state index is 0.0718. The molecule has 2 aromatic heterocycles. The lowest BCUT2D eigenvalue weighted by molar-refractivity contribution is 0.863. The minimum Gasteiger partial charge on any atom is -0.328 e. The van der Waals surface area contributed by atoms with Gasteiger partial charge in [0.15, 0.2) is 0 Å². The first-order valence-corrected chi connectivity index (χ1v) is 4.66. The van der Waals surface area contributed by atoms with Crippen LogP contribution in [-0.2, 0) is 0 Å². The number of hydrogen-bond acceptors (Lipinski definition) is 2. The smallest absolute Gasteiger partial charge is 0.257 e. The number of aromatic nitrogens is 2. The van der Waals surface area contributed by atoms with E-state index in [-0.39, 0.29) is 5.56 Å². The summed E-state index contributed by atoms with van der Waals surface area (Å²) in [7, 11) is 0. The number of rotatable bonds is 1. The molecule has 0 saturated carbocycles. The van der Waals surface area contributed by atoms with Crippen LogP contribution in [0.4, 0.5) is 0 Å². The van der Waals surface area contributed by atoms with Crippen LogP contribution in [0.5, 0.6) is 0 Å². The summed E-state index contributed by atoms with van der Waals surface area (Å²) < 4.78 is 0. The quantitative estimate of drug-likeness (QED) is 0.744. The average molecular weight is 188 g/mol. The van der Waals surface area contributed by atoms with Crippen LogP contribution in [0.2, 0.25) is 0 Å². The molecule has 0 spiro atoms. The molecule has 0 aliphatic rings. The highest BCUT2D eigenvalue weighted by Crippen LogP contribution is 2.19. The molecule has 0 amide bonds. The maximum Gasteiger partial charge on any atom is 0.257 e. The zero-order chi connectivity index (χ0) is 10.1. The highest BCUT2D eigenvalue weighted by Gasteiger charge is 2.07. The van der Waals surface area contributed by atoms with Gasteiger partial charge in [0.1, 0.15) is 0 Å². The molecule has 2 rings (SSSR count). The molecule has 0 aliphatic carbocycles. The molecule has 0 radical (unpaired) electrons. The van der Waals surface area contributed by atoms with E-state index in [1.807, 2.05) is 0 Å². The molecule has 3 heteroatoms. The molecular formula is C11H12N2O. The van der Waals surface area contributed by atoms with E-state index >= 15 is 0 Å². The summed E-state index contributed by atoms with van der Waals surface area (Å²) in [6, 6.07) is 3.58. The third-order valence-electron chi connectivity index (χ3n) is 2.31. The molecule has 1 N–H and O–H groups in total. The van der Waals surface area contributed by atoms with Crippen molar-refractivity contribution in [3.63, 3.8) is 0 Å². The Morgan fingerprint density at radius 1 is 1.43 bits per heavy atom. The highest BCUT2D eigenvalue weighted by molar-refractivity contribution is 5.80. The first kappa shape index (κ1) is 8.94. The Morgan fingerprint density at radius 2 is 2.21 bits per heavy atom. The van der Waals surface area contributed by atoms with Crippen molar-refractivity contribution in [2.24, 2.45) is 0 Å². The summed E-state index contributed by atoms with van der Waals surface area (Å²) in [6.45, 7) is 4.17. The standard InChI is InChI=1S/C11H12N2O/c1-7(2)9-6-13-11(14)8-4-3-5-12-10(8)9/h3-7H,1-2H3,(H,13,14). The molecule has 2 aromatic rings. The van der Waals surface area contributed by atoms with Gasteiger partial charge in [0.05, 0.1) is 10.9 Å². The minimum atomic E-state index is -0.0718. The van der Waals surface area contributed by atoms with Gasteiger partial charge >= 0.3 is 0 Å². The number of hydrogen-bond donors (Lipinski definition) is 1. The van der Waals surface area contributed by atoms with Gasteiger partial charge in [-0.1, -0.05) is 13.8 Å². The number of nitrogens with one attached hydrogen (secondary N) is 1. The largest absolute Gasteiger partial charge is 0.328 e. The van der Waals surface area contributed by atoms with Crippen LogP contribution in [0.1, 0.15) is 25.3 Å². The molecule has 0 atom stereocenters. The first-order valence-electron chi connectivity index (χ1n) is 4.66. The second-order valence-corrected chi connectivity index (χ2v) is 3.63. The Morgan fingerprint density at radius 3 is 2.93 bits per heavy atom. The van der Waals surface area contributed by atoms with Crippen molar-refractivity contribution in [1.29, 1.82) is 0 Å². The lowest BCUT2D eigenvalue weighted by atomic mass is 10.0. The molecule has 0 bridgehead atoms. The van der Waals surface area contributed by atoms with E-state index in [2.05, 4.69) is 23.8 Å². The Labute approximate surface area is 81.8 Å². The van der Waals surface area contributed by atoms with E-state index in [0.717, 1.165) is 11.1 Å². The van der Waals surface area contributed by atoms with E-state index < -0.39 is 0 Å². The maximum atomic E-state index is 11.5. The predicted octanol–water partition coefficient (Wildman–Crippen LogP) is 2.05. The van der Waals surface area contributed by atoms with Crippen molar-refractivity contribution in [3.05, 3.63) is 40.4 Å². The Hall–Kier alpha value is -1.64. The van der Waals surface area contributed by atoms with Gasteiger partial charge in [0.25, 0.3) is 5.56 Å². The van der Waals surface area contributed by atoms with Gasteiger partial charge in [-0.15, -0.1) is 0 Å². The van der Waals surface area contributed by atoms with Crippen LogP contribution in [0.25, 0.3) is 10.9 Å². The lowest BCUT2D eigenvalue weighted by Gasteiger charge is -2.07. The topological polar surface area (TPSA) is 45.8 Å². The van der Waals surface area contributed by atoms with Crippen LogP contribution in [0, 0.1) is 0 Å². The van der Waals surface area contributed by atoms with Gasteiger partial charge in [-0.25, -0.2) is 0 Å². The fraction of sp³-hybridized carbons (Fsp3) is 0.273. The van der Waals surface area contributed by atoms with Gasteiger partial charge < -0.3 is 4.98 Å². The summed E-state index contributed by atoms with van der Waals surface area (Å²) in [4.78, 5) is 18.4. The molecule has 2 heterocycles. The van der Waals surface area contributed by atoms with Crippen LogP contribution < -0.4 is 5.56 Å². The second-order valence-electron chi connectivity index (χ2n) is 3.63. The van der Waals surface area contributed by atoms with Gasteiger partial charge in [-0.05, 0) is 23.6 Å². The summed E-state index contributed by atoms with van der Waals surface area (Å²) in [5.74, 6) is 0.365. The van der Waals surface area contributed by atoms with E-state index in [1.165, 1.54) is 0 Å². The molecule has 0 unspecified atom stereocenters. The van der Waals surface area contributed by atoms with E-state index in [9.17, 15) is 4.79 Å². The second kappa shape index (κ2) is 3.25. The fourth-order valence-corrected chi connectivity index (χ4v) is 1.55. The molecule has 0 aliphatic heterocycles. The van der Waals surface area contributed by atoms with E-state index in [1.54, 1.807) is 24.5 Å². The molecule has 0 saturated heterocycles. The van der Waals surface area contributed by atoms with E-state index in [0.29, 0.717) is 11.3 Å². The normalized spacial score (nSPS) is 11.1. The van der Waals surface area contributed by atoms with Crippen molar-refractivity contribution in [1.82, 2.24) is 9.97 Å². The van der Waals surface area contributed by atoms with Crippen molar-refractivity contribution < 1.29 is 0 Å². The van der Waals surface area contributed by atoms with Crippen molar-refractivity contribution in [2.75, 3.05) is 0 Å². The van der Waals surface area contributed by atoms with Crippen LogP contribution >= 0.6 is 0 Å². The number of aromatic amines is 1. The SMILES string of the molecule is CC(C)c1c[nH]c(=O)c2cccnc12. The number of pyridine rings is 2. The summed E-state index contributed by atoms with van der Waals surface area (Å²) in [6.07, 6.45) is 3.47. The molecule has 0 aromatic carbocycles. The van der Waals surface area contributed by atoms with Gasteiger partial charge in [-0.2, -0.15) is 0 Å². The zero-order valence-corrected chi connectivity index (χ0v) is 8.24. The Balaban J connectivity index is 2.89. The number of H-pyrrole nitrogens is 1. The number of nitrogens with zero attached hydrogens (tertiary/aromatic N) is 1. The predicted molar refractivity (Wildman–Crippen MR) is 56.5 cm³/mol. The van der Waals surface area contributed by atoms with E-state index in [4.69, 9.17) is 0 Å². The maximum absolute atomic E-state index is 11.5. The summed E-state index contributed by atoms with van der Waals surface area (Å²) >= 11 is 0.